The summed E-state index contributed by atoms with van der Waals surface area (Å²) < 4.78 is 10.9. The second-order valence-corrected chi connectivity index (χ2v) is 3.91. The quantitative estimate of drug-likeness (QED) is 0.630. The van der Waals surface area contributed by atoms with E-state index in [-0.39, 0.29) is 6.29 Å². The van der Waals surface area contributed by atoms with Crippen LogP contribution in [-0.2, 0) is 9.47 Å². The molecule has 2 nitrogen and oxygen atoms in total. The molecule has 0 N–H and O–H groups in total. The zero-order valence-electron chi connectivity index (χ0n) is 8.92. The Morgan fingerprint density at radius 3 is 2.08 bits per heavy atom. The molecule has 1 unspecified atom stereocenters. The summed E-state index contributed by atoms with van der Waals surface area (Å²) >= 11 is 0. The molecule has 0 aromatic rings. The van der Waals surface area contributed by atoms with E-state index >= 15 is 0 Å². The highest BCUT2D eigenvalue weighted by Crippen LogP contribution is 2.20. The zero-order chi connectivity index (χ0) is 9.52. The summed E-state index contributed by atoms with van der Waals surface area (Å²) in [5.41, 5.74) is 0. The van der Waals surface area contributed by atoms with E-state index in [9.17, 15) is 0 Å². The van der Waals surface area contributed by atoms with E-state index in [1.165, 1.54) is 44.9 Å². The summed E-state index contributed by atoms with van der Waals surface area (Å²) in [7, 11) is 1.70. The van der Waals surface area contributed by atoms with Gasteiger partial charge in [-0.25, -0.2) is 0 Å². The van der Waals surface area contributed by atoms with Crippen LogP contribution in [0.25, 0.3) is 0 Å². The minimum absolute atomic E-state index is 0.0376. The highest BCUT2D eigenvalue weighted by Gasteiger charge is 2.14. The van der Waals surface area contributed by atoms with Crippen molar-refractivity contribution in [2.45, 2.75) is 64.3 Å². The first-order valence-electron chi connectivity index (χ1n) is 5.51. The molecule has 1 saturated carbocycles. The molecule has 0 spiro atoms. The maximum atomic E-state index is 5.75. The lowest BCUT2D eigenvalue weighted by Gasteiger charge is -2.23. The molecule has 0 saturated heterocycles. The third-order valence-corrected chi connectivity index (χ3v) is 2.77. The lowest BCUT2D eigenvalue weighted by atomic mass is 9.99. The van der Waals surface area contributed by atoms with Crippen molar-refractivity contribution < 1.29 is 9.47 Å². The molecule has 2 heteroatoms. The van der Waals surface area contributed by atoms with Crippen LogP contribution in [0.5, 0.6) is 0 Å². The predicted octanol–water partition coefficient (Wildman–Crippen LogP) is 3.11. The smallest absolute Gasteiger partial charge is 0.154 e. The minimum atomic E-state index is -0.0376. The Hall–Kier alpha value is -0.0800. The van der Waals surface area contributed by atoms with E-state index in [0.717, 1.165) is 0 Å². The molecule has 0 aromatic carbocycles. The van der Waals surface area contributed by atoms with Crippen LogP contribution >= 0.6 is 0 Å². The molecule has 1 rings (SSSR count). The van der Waals surface area contributed by atoms with Gasteiger partial charge in [0.1, 0.15) is 0 Å². The number of hydrogen-bond acceptors (Lipinski definition) is 2. The van der Waals surface area contributed by atoms with Gasteiger partial charge in [-0.05, 0) is 19.8 Å². The highest BCUT2D eigenvalue weighted by molar-refractivity contribution is 4.63. The summed E-state index contributed by atoms with van der Waals surface area (Å²) in [6.45, 7) is 1.97. The largest absolute Gasteiger partial charge is 0.356 e. The number of methoxy groups -OCH3 is 1. The minimum Gasteiger partial charge on any atom is -0.356 e. The molecule has 0 aliphatic heterocycles. The van der Waals surface area contributed by atoms with Gasteiger partial charge < -0.3 is 9.47 Å². The average molecular weight is 186 g/mol. The van der Waals surface area contributed by atoms with Crippen LogP contribution < -0.4 is 0 Å². The summed E-state index contributed by atoms with van der Waals surface area (Å²) in [5, 5.41) is 0. The molecular formula is C11H22O2. The third-order valence-electron chi connectivity index (χ3n) is 2.77. The van der Waals surface area contributed by atoms with Crippen molar-refractivity contribution in [2.75, 3.05) is 7.11 Å². The van der Waals surface area contributed by atoms with Gasteiger partial charge in [-0.1, -0.05) is 32.1 Å². The molecule has 78 valence electrons. The van der Waals surface area contributed by atoms with Crippen LogP contribution in [0.15, 0.2) is 0 Å². The molecule has 0 heterocycles. The van der Waals surface area contributed by atoms with Crippen molar-refractivity contribution in [3.63, 3.8) is 0 Å². The summed E-state index contributed by atoms with van der Waals surface area (Å²) in [6.07, 6.45) is 9.64. The van der Waals surface area contributed by atoms with Crippen molar-refractivity contribution >= 4 is 0 Å². The van der Waals surface area contributed by atoms with Gasteiger partial charge in [0.25, 0.3) is 0 Å². The van der Waals surface area contributed by atoms with Gasteiger partial charge in [0, 0.05) is 7.11 Å². The molecule has 1 aliphatic rings. The van der Waals surface area contributed by atoms with Gasteiger partial charge >= 0.3 is 0 Å². The standard InChI is InChI=1S/C11H22O2/c1-10(12-2)13-11-8-6-4-3-5-7-9-11/h10-11H,3-9H2,1-2H3. The fourth-order valence-electron chi connectivity index (χ4n) is 1.88. The van der Waals surface area contributed by atoms with Gasteiger partial charge in [0.2, 0.25) is 0 Å². The van der Waals surface area contributed by atoms with Crippen LogP contribution in [0, 0.1) is 0 Å². The highest BCUT2D eigenvalue weighted by atomic mass is 16.7. The zero-order valence-corrected chi connectivity index (χ0v) is 8.92. The van der Waals surface area contributed by atoms with Crippen molar-refractivity contribution in [3.8, 4) is 0 Å². The predicted molar refractivity (Wildman–Crippen MR) is 53.7 cm³/mol. The first-order valence-corrected chi connectivity index (χ1v) is 5.51. The van der Waals surface area contributed by atoms with Crippen molar-refractivity contribution in [2.24, 2.45) is 0 Å². The average Bonchev–Trinajstić information content (AvgIpc) is 2.09. The monoisotopic (exact) mass is 186 g/mol. The summed E-state index contributed by atoms with van der Waals surface area (Å²) in [6, 6.07) is 0. The van der Waals surface area contributed by atoms with Gasteiger partial charge in [-0.3, -0.25) is 0 Å². The molecule has 0 aromatic heterocycles. The summed E-state index contributed by atoms with van der Waals surface area (Å²) in [5.74, 6) is 0. The Kier molecular flexibility index (Phi) is 5.40. The Morgan fingerprint density at radius 2 is 1.54 bits per heavy atom. The molecule has 13 heavy (non-hydrogen) atoms. The summed E-state index contributed by atoms with van der Waals surface area (Å²) in [4.78, 5) is 0. The fraction of sp³-hybridized carbons (Fsp3) is 1.00. The van der Waals surface area contributed by atoms with Crippen LogP contribution in [-0.4, -0.2) is 19.5 Å². The van der Waals surface area contributed by atoms with E-state index in [1.54, 1.807) is 7.11 Å². The Labute approximate surface area is 81.6 Å². The van der Waals surface area contributed by atoms with Crippen LogP contribution in [0.1, 0.15) is 51.9 Å². The Balaban J connectivity index is 2.21. The van der Waals surface area contributed by atoms with Crippen molar-refractivity contribution in [1.29, 1.82) is 0 Å². The first kappa shape index (κ1) is 11.0. The lowest BCUT2D eigenvalue weighted by molar-refractivity contribution is -0.148. The molecular weight excluding hydrogens is 164 g/mol. The fourth-order valence-corrected chi connectivity index (χ4v) is 1.88. The van der Waals surface area contributed by atoms with Gasteiger partial charge in [0.05, 0.1) is 6.10 Å². The number of rotatable bonds is 3. The van der Waals surface area contributed by atoms with Crippen LogP contribution in [0.4, 0.5) is 0 Å². The maximum absolute atomic E-state index is 5.75. The van der Waals surface area contributed by atoms with E-state index in [1.807, 2.05) is 6.92 Å². The van der Waals surface area contributed by atoms with Gasteiger partial charge in [-0.2, -0.15) is 0 Å². The maximum Gasteiger partial charge on any atom is 0.154 e. The topological polar surface area (TPSA) is 18.5 Å². The molecule has 1 aliphatic carbocycles. The Morgan fingerprint density at radius 1 is 1.00 bits per heavy atom. The van der Waals surface area contributed by atoms with Crippen LogP contribution in [0.2, 0.25) is 0 Å². The molecule has 1 fully saturated rings. The second-order valence-electron chi connectivity index (χ2n) is 3.91. The van der Waals surface area contributed by atoms with Gasteiger partial charge in [0.15, 0.2) is 6.29 Å². The number of hydrogen-bond donors (Lipinski definition) is 0. The third kappa shape index (κ3) is 4.63. The normalized spacial score (nSPS) is 23.5. The van der Waals surface area contributed by atoms with E-state index in [0.29, 0.717) is 6.10 Å². The molecule has 1 atom stereocenters. The van der Waals surface area contributed by atoms with Crippen LogP contribution in [0.3, 0.4) is 0 Å². The SMILES string of the molecule is COC(C)OC1CCCCCCC1. The lowest BCUT2D eigenvalue weighted by Crippen LogP contribution is -2.22. The van der Waals surface area contributed by atoms with Crippen molar-refractivity contribution in [1.82, 2.24) is 0 Å². The van der Waals surface area contributed by atoms with E-state index < -0.39 is 0 Å². The first-order chi connectivity index (χ1) is 6.33. The van der Waals surface area contributed by atoms with Crippen molar-refractivity contribution in [3.05, 3.63) is 0 Å². The van der Waals surface area contributed by atoms with E-state index in [4.69, 9.17) is 9.47 Å². The van der Waals surface area contributed by atoms with E-state index in [2.05, 4.69) is 0 Å². The number of ether oxygens (including phenoxy) is 2. The molecule has 0 bridgehead atoms. The Bertz CT molecular complexity index is 117. The van der Waals surface area contributed by atoms with Gasteiger partial charge in [-0.15, -0.1) is 0 Å². The molecule has 0 amide bonds. The molecule has 0 radical (unpaired) electrons. The second kappa shape index (κ2) is 6.39.